The van der Waals surface area contributed by atoms with Gasteiger partial charge in [-0.25, -0.2) is 9.59 Å². The molecule has 0 heterocycles. The number of benzene rings is 1. The van der Waals surface area contributed by atoms with Gasteiger partial charge >= 0.3 is 12.1 Å². The van der Waals surface area contributed by atoms with Crippen molar-refractivity contribution >= 4 is 18.0 Å². The van der Waals surface area contributed by atoms with Gasteiger partial charge in [0.1, 0.15) is 11.1 Å². The van der Waals surface area contributed by atoms with Crippen LogP contribution < -0.4 is 10.6 Å². The largest absolute Gasteiger partial charge is 0.467 e. The number of amides is 2. The average Bonchev–Trinajstić information content (AvgIpc) is 2.78. The van der Waals surface area contributed by atoms with Gasteiger partial charge in [0, 0.05) is 18.9 Å². The summed E-state index contributed by atoms with van der Waals surface area (Å²) in [5, 5.41) is 15.5. The van der Waals surface area contributed by atoms with Gasteiger partial charge in [-0.2, -0.15) is 0 Å². The zero-order chi connectivity index (χ0) is 25.6. The first-order valence-corrected chi connectivity index (χ1v) is 12.1. The summed E-state index contributed by atoms with van der Waals surface area (Å²) in [6.07, 6.45) is 3.91. The topological polar surface area (TPSA) is 114 Å². The van der Waals surface area contributed by atoms with Gasteiger partial charge in [0.25, 0.3) is 0 Å². The number of aliphatic hydroxyl groups excluding tert-OH is 1. The third-order valence-electron chi connectivity index (χ3n) is 5.58. The fourth-order valence-corrected chi connectivity index (χ4v) is 3.93. The number of rotatable bonds is 14. The summed E-state index contributed by atoms with van der Waals surface area (Å²) >= 11 is 0. The van der Waals surface area contributed by atoms with Crippen molar-refractivity contribution in [2.75, 3.05) is 20.3 Å². The van der Waals surface area contributed by atoms with Crippen molar-refractivity contribution in [2.24, 2.45) is 5.92 Å². The molecule has 2 amide bonds. The van der Waals surface area contributed by atoms with Gasteiger partial charge in [-0.05, 0) is 52.0 Å². The van der Waals surface area contributed by atoms with Crippen molar-refractivity contribution in [1.29, 1.82) is 0 Å². The van der Waals surface area contributed by atoms with Crippen molar-refractivity contribution < 1.29 is 29.0 Å². The van der Waals surface area contributed by atoms with E-state index < -0.39 is 35.7 Å². The number of hydrogen-bond acceptors (Lipinski definition) is 6. The highest BCUT2D eigenvalue weighted by molar-refractivity contribution is 5.88. The van der Waals surface area contributed by atoms with E-state index in [-0.39, 0.29) is 25.3 Å². The highest BCUT2D eigenvalue weighted by Crippen LogP contribution is 2.26. The van der Waals surface area contributed by atoms with E-state index in [2.05, 4.69) is 22.8 Å². The molecule has 192 valence electrons. The van der Waals surface area contributed by atoms with Crippen LogP contribution in [0.1, 0.15) is 71.8 Å². The lowest BCUT2D eigenvalue weighted by Gasteiger charge is -2.38. The van der Waals surface area contributed by atoms with Gasteiger partial charge in [0.2, 0.25) is 5.91 Å². The highest BCUT2D eigenvalue weighted by atomic mass is 16.6. The molecule has 1 aromatic rings. The van der Waals surface area contributed by atoms with Crippen LogP contribution in [0, 0.1) is 5.92 Å². The predicted octanol–water partition coefficient (Wildman–Crippen LogP) is 3.75. The Morgan fingerprint density at radius 1 is 1.06 bits per heavy atom. The molecule has 0 saturated carbocycles. The van der Waals surface area contributed by atoms with Crippen LogP contribution in [-0.4, -0.2) is 54.5 Å². The van der Waals surface area contributed by atoms with Crippen LogP contribution in [0.15, 0.2) is 30.3 Å². The van der Waals surface area contributed by atoms with Gasteiger partial charge in [0.05, 0.1) is 13.7 Å². The Kier molecular flexibility index (Phi) is 12.6. The Balaban J connectivity index is 2.77. The van der Waals surface area contributed by atoms with Crippen molar-refractivity contribution in [3.63, 3.8) is 0 Å². The standard InChI is InChI=1S/C26H42N2O6/c1-6-17-26(23(31)33-5,21(19-29)18-27-24(32)34-25(2,3)4)28-22(30)16-12-8-11-15-20-13-9-7-10-14-20/h7,9-10,13-14,21,29H,6,8,11-12,15-19H2,1-5H3,(H,27,32)(H,28,30)/t21-,26-/m1/s1. The van der Waals surface area contributed by atoms with Gasteiger partial charge in [-0.1, -0.05) is 50.1 Å². The SMILES string of the molecule is CCC[C@](NC(=O)CCCCCc1ccccc1)(C(=O)OC)[C@@H](CO)CNC(=O)OC(C)(C)C. The second-order valence-electron chi connectivity index (χ2n) is 9.57. The fraction of sp³-hybridized carbons (Fsp3) is 0.654. The molecule has 0 bridgehead atoms. The molecule has 2 atom stereocenters. The number of aryl methyl sites for hydroxylation is 1. The molecule has 0 aliphatic rings. The molecule has 34 heavy (non-hydrogen) atoms. The van der Waals surface area contributed by atoms with E-state index in [4.69, 9.17) is 9.47 Å². The molecule has 8 nitrogen and oxygen atoms in total. The zero-order valence-electron chi connectivity index (χ0n) is 21.3. The maximum absolute atomic E-state index is 12.9. The summed E-state index contributed by atoms with van der Waals surface area (Å²) in [7, 11) is 1.25. The summed E-state index contributed by atoms with van der Waals surface area (Å²) in [6, 6.07) is 10.2. The lowest BCUT2D eigenvalue weighted by Crippen LogP contribution is -2.63. The molecule has 3 N–H and O–H groups in total. The van der Waals surface area contributed by atoms with E-state index in [0.29, 0.717) is 12.8 Å². The summed E-state index contributed by atoms with van der Waals surface area (Å²) in [5.41, 5.74) is -0.868. The van der Waals surface area contributed by atoms with Crippen LogP contribution in [0.2, 0.25) is 0 Å². The first-order chi connectivity index (χ1) is 16.1. The number of methoxy groups -OCH3 is 1. The molecule has 1 aromatic carbocycles. The quantitative estimate of drug-likeness (QED) is 0.277. The Labute approximate surface area is 203 Å². The smallest absolute Gasteiger partial charge is 0.407 e. The lowest BCUT2D eigenvalue weighted by atomic mass is 9.79. The maximum atomic E-state index is 12.9. The molecule has 0 fully saturated rings. The average molecular weight is 479 g/mol. The van der Waals surface area contributed by atoms with Crippen molar-refractivity contribution in [3.8, 4) is 0 Å². The number of esters is 1. The van der Waals surface area contributed by atoms with E-state index in [1.807, 2.05) is 25.1 Å². The lowest BCUT2D eigenvalue weighted by molar-refractivity contribution is -0.155. The van der Waals surface area contributed by atoms with Crippen molar-refractivity contribution in [1.82, 2.24) is 10.6 Å². The molecule has 0 spiro atoms. The van der Waals surface area contributed by atoms with Crippen LogP contribution in [0.3, 0.4) is 0 Å². The molecule has 0 saturated heterocycles. The first-order valence-electron chi connectivity index (χ1n) is 12.1. The third-order valence-corrected chi connectivity index (χ3v) is 5.58. The van der Waals surface area contributed by atoms with E-state index in [1.165, 1.54) is 12.7 Å². The molecule has 8 heteroatoms. The number of ether oxygens (including phenoxy) is 2. The normalized spacial score (nSPS) is 13.9. The first kappa shape index (κ1) is 29.4. The van der Waals surface area contributed by atoms with Crippen LogP contribution in [0.5, 0.6) is 0 Å². The Hall–Kier alpha value is -2.61. The summed E-state index contributed by atoms with van der Waals surface area (Å²) in [5.74, 6) is -1.71. The van der Waals surface area contributed by atoms with Gasteiger partial charge < -0.3 is 25.2 Å². The van der Waals surface area contributed by atoms with Gasteiger partial charge in [0.15, 0.2) is 0 Å². The van der Waals surface area contributed by atoms with Crippen LogP contribution >= 0.6 is 0 Å². The number of unbranched alkanes of at least 4 members (excludes halogenated alkanes) is 2. The van der Waals surface area contributed by atoms with E-state index in [0.717, 1.165) is 19.3 Å². The third kappa shape index (κ3) is 10.1. The fourth-order valence-electron chi connectivity index (χ4n) is 3.93. The number of nitrogens with one attached hydrogen (secondary N) is 2. The van der Waals surface area contributed by atoms with Crippen molar-refractivity contribution in [2.45, 2.75) is 83.8 Å². The second-order valence-corrected chi connectivity index (χ2v) is 9.57. The Bertz CT molecular complexity index is 762. The molecule has 0 radical (unpaired) electrons. The zero-order valence-corrected chi connectivity index (χ0v) is 21.3. The molecule has 0 aromatic heterocycles. The van der Waals surface area contributed by atoms with E-state index in [1.54, 1.807) is 20.8 Å². The molecule has 0 aliphatic carbocycles. The molecular formula is C26H42N2O6. The molecule has 1 rings (SSSR count). The van der Waals surface area contributed by atoms with E-state index in [9.17, 15) is 19.5 Å². The minimum atomic E-state index is -1.45. The Morgan fingerprint density at radius 2 is 1.74 bits per heavy atom. The van der Waals surface area contributed by atoms with E-state index >= 15 is 0 Å². The number of alkyl carbamates (subject to hydrolysis) is 1. The summed E-state index contributed by atoms with van der Waals surface area (Å²) < 4.78 is 10.3. The summed E-state index contributed by atoms with van der Waals surface area (Å²) in [4.78, 5) is 37.8. The van der Waals surface area contributed by atoms with Crippen LogP contribution in [0.4, 0.5) is 4.79 Å². The molecule has 0 unspecified atom stereocenters. The number of carbonyl (C=O) groups is 3. The highest BCUT2D eigenvalue weighted by Gasteiger charge is 2.47. The summed E-state index contributed by atoms with van der Waals surface area (Å²) in [6.45, 7) is 6.62. The number of carbonyl (C=O) groups excluding carboxylic acids is 3. The van der Waals surface area contributed by atoms with Crippen molar-refractivity contribution in [3.05, 3.63) is 35.9 Å². The molecule has 0 aliphatic heterocycles. The number of aliphatic hydroxyl groups is 1. The molecular weight excluding hydrogens is 436 g/mol. The predicted molar refractivity (Wildman–Crippen MR) is 131 cm³/mol. The van der Waals surface area contributed by atoms with Gasteiger partial charge in [-0.3, -0.25) is 4.79 Å². The second kappa shape index (κ2) is 14.6. The van der Waals surface area contributed by atoms with Gasteiger partial charge in [-0.15, -0.1) is 0 Å². The van der Waals surface area contributed by atoms with Crippen LogP contribution in [-0.2, 0) is 25.5 Å². The van der Waals surface area contributed by atoms with Crippen LogP contribution in [0.25, 0.3) is 0 Å². The monoisotopic (exact) mass is 478 g/mol. The minimum Gasteiger partial charge on any atom is -0.467 e. The Morgan fingerprint density at radius 3 is 2.29 bits per heavy atom. The minimum absolute atomic E-state index is 0.0577. The maximum Gasteiger partial charge on any atom is 0.407 e. The number of hydrogen-bond donors (Lipinski definition) is 3.